The summed E-state index contributed by atoms with van der Waals surface area (Å²) in [7, 11) is 2.50. The van der Waals surface area contributed by atoms with Crippen LogP contribution in [-0.4, -0.2) is 47.2 Å². The van der Waals surface area contributed by atoms with E-state index in [0.29, 0.717) is 0 Å². The summed E-state index contributed by atoms with van der Waals surface area (Å²) in [5, 5.41) is 26.3. The van der Waals surface area contributed by atoms with Crippen LogP contribution < -0.4 is 20.1 Å². The van der Waals surface area contributed by atoms with E-state index in [1.165, 1.54) is 43.9 Å². The van der Waals surface area contributed by atoms with Crippen molar-refractivity contribution in [3.8, 4) is 17.2 Å². The quantitative estimate of drug-likeness (QED) is 0.398. The first-order chi connectivity index (χ1) is 14.0. The fourth-order valence-corrected chi connectivity index (χ4v) is 4.27. The van der Waals surface area contributed by atoms with E-state index in [-0.39, 0.29) is 27.7 Å². The largest absolute Gasteiger partial charge is 0.502 e. The van der Waals surface area contributed by atoms with Gasteiger partial charge >= 0.3 is 6.18 Å². The second-order valence-electron chi connectivity index (χ2n) is 6.43. The first-order valence-electron chi connectivity index (χ1n) is 8.44. The Bertz CT molecular complexity index is 942. The number of nitrogens with one attached hydrogen (secondary N) is 2. The summed E-state index contributed by atoms with van der Waals surface area (Å²) in [6, 6.07) is 3.96. The van der Waals surface area contributed by atoms with E-state index >= 15 is 0 Å². The van der Waals surface area contributed by atoms with Gasteiger partial charge in [-0.05, 0) is 41.4 Å². The standard InChI is InChI=1S/C18H17F3N2O5S2/c1-27-9-6-8(7-10(28-2)14(9)24)13-12(15(25)11-4-3-5-30-11)17(26,18(19,20)21)23-16(29)22-13/h3-7,12-13,24,26H,1-2H3,(H2,22,23,29)/t12-,13+,17+/m1/s1. The van der Waals surface area contributed by atoms with Gasteiger partial charge in [-0.2, -0.15) is 13.2 Å². The van der Waals surface area contributed by atoms with Crippen LogP contribution in [0.4, 0.5) is 13.2 Å². The highest BCUT2D eigenvalue weighted by Gasteiger charge is 2.66. The lowest BCUT2D eigenvalue weighted by molar-refractivity contribution is -0.285. The van der Waals surface area contributed by atoms with Gasteiger partial charge in [-0.25, -0.2) is 0 Å². The van der Waals surface area contributed by atoms with Crippen molar-refractivity contribution >= 4 is 34.5 Å². The first kappa shape index (κ1) is 22.1. The molecule has 2 aromatic rings. The SMILES string of the molecule is COc1cc([C@@H]2NC(=S)N[C@@](O)(C(F)(F)F)[C@H]2C(=O)c2cccs2)cc(OC)c1O. The van der Waals surface area contributed by atoms with Gasteiger partial charge < -0.3 is 30.3 Å². The zero-order valence-electron chi connectivity index (χ0n) is 15.6. The van der Waals surface area contributed by atoms with Crippen molar-refractivity contribution in [2.24, 2.45) is 5.92 Å². The average molecular weight is 462 g/mol. The Kier molecular flexibility index (Phi) is 5.85. The van der Waals surface area contributed by atoms with Crippen LogP contribution in [0.25, 0.3) is 0 Å². The molecule has 1 aromatic carbocycles. The molecule has 0 amide bonds. The highest BCUT2D eigenvalue weighted by Crippen LogP contribution is 2.47. The molecule has 0 bridgehead atoms. The fourth-order valence-electron chi connectivity index (χ4n) is 3.28. The molecule has 30 heavy (non-hydrogen) atoms. The number of carbonyl (C=O) groups excluding carboxylic acids is 1. The summed E-state index contributed by atoms with van der Waals surface area (Å²) in [5.41, 5.74) is -3.55. The molecule has 3 atom stereocenters. The predicted molar refractivity (Wildman–Crippen MR) is 106 cm³/mol. The predicted octanol–water partition coefficient (Wildman–Crippen LogP) is 2.74. The molecule has 7 nitrogen and oxygen atoms in total. The summed E-state index contributed by atoms with van der Waals surface area (Å²) in [5.74, 6) is -3.54. The number of thiocarbonyl (C=S) groups is 1. The van der Waals surface area contributed by atoms with E-state index < -0.39 is 34.8 Å². The number of phenolic OH excluding ortho intramolecular Hbond substituents is 1. The van der Waals surface area contributed by atoms with Crippen molar-refractivity contribution in [1.82, 2.24) is 10.6 Å². The van der Waals surface area contributed by atoms with E-state index in [4.69, 9.17) is 21.7 Å². The molecule has 0 radical (unpaired) electrons. The average Bonchev–Trinajstić information content (AvgIpc) is 3.21. The van der Waals surface area contributed by atoms with Crippen LogP contribution >= 0.6 is 23.6 Å². The van der Waals surface area contributed by atoms with Gasteiger partial charge in [0.05, 0.1) is 25.1 Å². The number of aromatic hydroxyl groups is 1. The molecule has 1 aromatic heterocycles. The third-order valence-corrected chi connectivity index (χ3v) is 5.82. The molecule has 0 saturated carbocycles. The number of ketones is 1. The van der Waals surface area contributed by atoms with Gasteiger partial charge in [-0.3, -0.25) is 4.79 Å². The minimum absolute atomic E-state index is 0.0294. The second kappa shape index (κ2) is 7.93. The number of halogens is 3. The number of alkyl halides is 3. The fraction of sp³-hybridized carbons (Fsp3) is 0.333. The number of methoxy groups -OCH3 is 2. The molecule has 1 fully saturated rings. The smallest absolute Gasteiger partial charge is 0.437 e. The van der Waals surface area contributed by atoms with Gasteiger partial charge in [-0.1, -0.05) is 6.07 Å². The molecule has 3 rings (SSSR count). The zero-order chi connectivity index (χ0) is 22.3. The number of ether oxygens (including phenoxy) is 2. The number of phenols is 1. The molecule has 0 aliphatic carbocycles. The molecule has 0 unspecified atom stereocenters. The Morgan fingerprint density at radius 2 is 1.87 bits per heavy atom. The van der Waals surface area contributed by atoms with Crippen LogP contribution in [0.1, 0.15) is 21.3 Å². The molecular weight excluding hydrogens is 445 g/mol. The Balaban J connectivity index is 2.22. The third kappa shape index (κ3) is 3.66. The summed E-state index contributed by atoms with van der Waals surface area (Å²) in [6.45, 7) is 0. The van der Waals surface area contributed by atoms with Crippen molar-refractivity contribution in [2.45, 2.75) is 17.9 Å². The molecular formula is C18H17F3N2O5S2. The van der Waals surface area contributed by atoms with Crippen molar-refractivity contribution < 1.29 is 37.7 Å². The molecule has 1 saturated heterocycles. The molecule has 4 N–H and O–H groups in total. The Labute approximate surface area is 178 Å². The maximum Gasteiger partial charge on any atom is 0.437 e. The van der Waals surface area contributed by atoms with Crippen molar-refractivity contribution in [3.63, 3.8) is 0 Å². The minimum atomic E-state index is -5.24. The van der Waals surface area contributed by atoms with E-state index in [1.54, 1.807) is 0 Å². The highest BCUT2D eigenvalue weighted by atomic mass is 32.1. The minimum Gasteiger partial charge on any atom is -0.502 e. The topological polar surface area (TPSA) is 100 Å². The molecule has 1 aliphatic heterocycles. The Morgan fingerprint density at radius 1 is 1.27 bits per heavy atom. The van der Waals surface area contributed by atoms with Crippen LogP contribution in [0, 0.1) is 5.92 Å². The molecule has 162 valence electrons. The Hall–Kier alpha value is -2.57. The van der Waals surface area contributed by atoms with Crippen LogP contribution in [0.3, 0.4) is 0 Å². The molecule has 12 heteroatoms. The van der Waals surface area contributed by atoms with E-state index in [1.807, 2.05) is 5.32 Å². The number of thiophene rings is 1. The lowest BCUT2D eigenvalue weighted by Gasteiger charge is -2.46. The number of aliphatic hydroxyl groups is 1. The van der Waals surface area contributed by atoms with Gasteiger partial charge in [-0.15, -0.1) is 11.3 Å². The Morgan fingerprint density at radius 3 is 2.33 bits per heavy atom. The maximum absolute atomic E-state index is 14.0. The van der Waals surface area contributed by atoms with Gasteiger partial charge in [0.2, 0.25) is 11.5 Å². The number of hydrogen-bond acceptors (Lipinski definition) is 7. The van der Waals surface area contributed by atoms with Crippen LogP contribution in [0.15, 0.2) is 29.6 Å². The number of benzene rings is 1. The zero-order valence-corrected chi connectivity index (χ0v) is 17.2. The number of rotatable bonds is 5. The summed E-state index contributed by atoms with van der Waals surface area (Å²) < 4.78 is 52.0. The van der Waals surface area contributed by atoms with Crippen LogP contribution in [-0.2, 0) is 0 Å². The van der Waals surface area contributed by atoms with Crippen molar-refractivity contribution in [1.29, 1.82) is 0 Å². The normalized spacial score (nSPS) is 24.0. The van der Waals surface area contributed by atoms with E-state index in [0.717, 1.165) is 11.3 Å². The molecule has 2 heterocycles. The van der Waals surface area contributed by atoms with Gasteiger partial charge in [0.25, 0.3) is 0 Å². The van der Waals surface area contributed by atoms with Crippen molar-refractivity contribution in [2.75, 3.05) is 14.2 Å². The van der Waals surface area contributed by atoms with Crippen LogP contribution in [0.5, 0.6) is 17.2 Å². The molecule has 1 aliphatic rings. The highest BCUT2D eigenvalue weighted by molar-refractivity contribution is 7.80. The van der Waals surface area contributed by atoms with Crippen LogP contribution in [0.2, 0.25) is 0 Å². The summed E-state index contributed by atoms with van der Waals surface area (Å²) in [4.78, 5) is 13.1. The molecule has 0 spiro atoms. The van der Waals surface area contributed by atoms with Gasteiger partial charge in [0, 0.05) is 0 Å². The van der Waals surface area contributed by atoms with Gasteiger partial charge in [0.15, 0.2) is 22.4 Å². The summed E-state index contributed by atoms with van der Waals surface area (Å²) in [6.07, 6.45) is -5.24. The van der Waals surface area contributed by atoms with Gasteiger partial charge in [0.1, 0.15) is 5.92 Å². The number of Topliss-reactive ketones (excluding diaryl/α,β-unsaturated/α-hetero) is 1. The first-order valence-corrected chi connectivity index (χ1v) is 9.72. The third-order valence-electron chi connectivity index (χ3n) is 4.71. The second-order valence-corrected chi connectivity index (χ2v) is 7.79. The van der Waals surface area contributed by atoms with E-state index in [2.05, 4.69) is 5.32 Å². The maximum atomic E-state index is 14.0. The summed E-state index contributed by atoms with van der Waals surface area (Å²) >= 11 is 5.83. The van der Waals surface area contributed by atoms with E-state index in [9.17, 15) is 28.2 Å². The monoisotopic (exact) mass is 462 g/mol. The lowest BCUT2D eigenvalue weighted by atomic mass is 9.78. The lowest BCUT2D eigenvalue weighted by Crippen LogP contribution is -2.72. The number of hydrogen-bond donors (Lipinski definition) is 4. The van der Waals surface area contributed by atoms with Crippen molar-refractivity contribution in [3.05, 3.63) is 40.1 Å². The number of carbonyl (C=O) groups is 1.